The van der Waals surface area contributed by atoms with Crippen LogP contribution in [0.5, 0.6) is 11.5 Å². The Balaban J connectivity index is 1.98. The molecule has 2 aromatic carbocycles. The number of carbonyl (C=O) groups excluding carboxylic acids is 1. The highest BCUT2D eigenvalue weighted by molar-refractivity contribution is 5.95. The number of methoxy groups -OCH3 is 1. The Kier molecular flexibility index (Phi) is 7.75. The first-order valence-electron chi connectivity index (χ1n) is 10.1. The van der Waals surface area contributed by atoms with Crippen LogP contribution in [0.15, 0.2) is 42.6 Å². The van der Waals surface area contributed by atoms with E-state index in [0.717, 1.165) is 16.6 Å². The van der Waals surface area contributed by atoms with Crippen LogP contribution in [0, 0.1) is 0 Å². The van der Waals surface area contributed by atoms with Crippen LogP contribution in [0.2, 0.25) is 0 Å². The standard InChI is InChI=1S/C23H28N2O6/c1-4-28-10-11-30-17-7-9-18-20(24)14-25(21(18)13-17)16-6-8-19(23(26)29-5-2)22(12-16)31-15-27-3/h6-9,12-14H,4-5,10-11,15,24H2,1-3H3. The van der Waals surface area contributed by atoms with Crippen molar-refractivity contribution < 1.29 is 28.5 Å². The van der Waals surface area contributed by atoms with Crippen molar-refractivity contribution in [2.24, 2.45) is 0 Å². The van der Waals surface area contributed by atoms with Gasteiger partial charge in [-0.2, -0.15) is 0 Å². The first-order chi connectivity index (χ1) is 15.1. The normalized spacial score (nSPS) is 10.9. The van der Waals surface area contributed by atoms with Gasteiger partial charge >= 0.3 is 5.97 Å². The molecule has 0 saturated carbocycles. The lowest BCUT2D eigenvalue weighted by Gasteiger charge is -2.13. The Bertz CT molecular complexity index is 1030. The number of hydrogen-bond acceptors (Lipinski definition) is 7. The minimum Gasteiger partial charge on any atom is -0.491 e. The predicted octanol–water partition coefficient (Wildman–Crippen LogP) is 3.79. The second-order valence-electron chi connectivity index (χ2n) is 6.63. The highest BCUT2D eigenvalue weighted by Gasteiger charge is 2.17. The Labute approximate surface area is 181 Å². The zero-order valence-corrected chi connectivity index (χ0v) is 18.1. The van der Waals surface area contributed by atoms with Crippen molar-refractivity contribution in [3.8, 4) is 17.2 Å². The van der Waals surface area contributed by atoms with Crippen molar-refractivity contribution >= 4 is 22.6 Å². The Hall–Kier alpha value is -3.23. The van der Waals surface area contributed by atoms with E-state index in [2.05, 4.69) is 0 Å². The highest BCUT2D eigenvalue weighted by atomic mass is 16.7. The number of hydrogen-bond donors (Lipinski definition) is 1. The van der Waals surface area contributed by atoms with Gasteiger partial charge in [0.25, 0.3) is 0 Å². The molecule has 2 N–H and O–H groups in total. The van der Waals surface area contributed by atoms with Crippen molar-refractivity contribution in [1.29, 1.82) is 0 Å². The lowest BCUT2D eigenvalue weighted by Crippen LogP contribution is -2.10. The zero-order chi connectivity index (χ0) is 22.2. The van der Waals surface area contributed by atoms with Gasteiger partial charge in [0.05, 0.1) is 24.4 Å². The maximum Gasteiger partial charge on any atom is 0.341 e. The number of benzene rings is 2. The summed E-state index contributed by atoms with van der Waals surface area (Å²) in [7, 11) is 1.52. The number of rotatable bonds is 11. The van der Waals surface area contributed by atoms with Gasteiger partial charge in [0.15, 0.2) is 6.79 Å². The molecular weight excluding hydrogens is 400 g/mol. The number of nitrogens with zero attached hydrogens (tertiary/aromatic N) is 1. The number of ether oxygens (including phenoxy) is 5. The van der Waals surface area contributed by atoms with Crippen LogP contribution in [-0.2, 0) is 14.2 Å². The lowest BCUT2D eigenvalue weighted by molar-refractivity contribution is 0.0438. The van der Waals surface area contributed by atoms with Crippen molar-refractivity contribution in [2.45, 2.75) is 13.8 Å². The van der Waals surface area contributed by atoms with E-state index in [9.17, 15) is 4.79 Å². The number of nitrogen functional groups attached to an aromatic ring is 1. The third-order valence-electron chi connectivity index (χ3n) is 4.58. The summed E-state index contributed by atoms with van der Waals surface area (Å²) in [5.41, 5.74) is 8.83. The minimum atomic E-state index is -0.456. The fourth-order valence-corrected chi connectivity index (χ4v) is 3.18. The Morgan fingerprint density at radius 3 is 2.61 bits per heavy atom. The molecule has 8 nitrogen and oxygen atoms in total. The molecule has 1 heterocycles. The molecule has 0 spiro atoms. The Morgan fingerprint density at radius 1 is 1.03 bits per heavy atom. The summed E-state index contributed by atoms with van der Waals surface area (Å²) in [5.74, 6) is 0.620. The number of esters is 1. The van der Waals surface area contributed by atoms with Gasteiger partial charge in [-0.05, 0) is 38.1 Å². The van der Waals surface area contributed by atoms with Crippen LogP contribution >= 0.6 is 0 Å². The third-order valence-corrected chi connectivity index (χ3v) is 4.58. The van der Waals surface area contributed by atoms with Crippen molar-refractivity contribution in [3.05, 3.63) is 48.2 Å². The first kappa shape index (κ1) is 22.5. The molecule has 0 amide bonds. The molecule has 0 radical (unpaired) electrons. The number of fused-ring (bicyclic) bond motifs is 1. The van der Waals surface area contributed by atoms with Gasteiger partial charge in [-0.25, -0.2) is 4.79 Å². The summed E-state index contributed by atoms with van der Waals surface area (Å²) in [6.45, 7) is 5.60. The van der Waals surface area contributed by atoms with E-state index in [1.807, 2.05) is 42.0 Å². The molecule has 0 fully saturated rings. The van der Waals surface area contributed by atoms with Crippen LogP contribution < -0.4 is 15.2 Å². The maximum absolute atomic E-state index is 12.3. The van der Waals surface area contributed by atoms with Crippen molar-refractivity contribution in [3.63, 3.8) is 0 Å². The first-order valence-corrected chi connectivity index (χ1v) is 10.1. The maximum atomic E-state index is 12.3. The summed E-state index contributed by atoms with van der Waals surface area (Å²) in [4.78, 5) is 12.3. The molecule has 1 aromatic heterocycles. The summed E-state index contributed by atoms with van der Waals surface area (Å²) in [5, 5.41) is 0.894. The summed E-state index contributed by atoms with van der Waals surface area (Å²) >= 11 is 0. The molecule has 0 atom stereocenters. The molecule has 3 rings (SSSR count). The van der Waals surface area contributed by atoms with E-state index in [0.29, 0.717) is 42.6 Å². The molecule has 0 aliphatic carbocycles. The molecule has 0 aliphatic heterocycles. The van der Waals surface area contributed by atoms with Gasteiger partial charge in [-0.1, -0.05) is 0 Å². The predicted molar refractivity (Wildman–Crippen MR) is 118 cm³/mol. The average molecular weight is 428 g/mol. The van der Waals surface area contributed by atoms with Gasteiger partial charge in [0, 0.05) is 43.1 Å². The number of nitrogens with two attached hydrogens (primary N) is 1. The third kappa shape index (κ3) is 5.28. The smallest absolute Gasteiger partial charge is 0.341 e. The van der Waals surface area contributed by atoms with Crippen molar-refractivity contribution in [2.75, 3.05) is 46.1 Å². The Morgan fingerprint density at radius 2 is 1.87 bits per heavy atom. The second-order valence-corrected chi connectivity index (χ2v) is 6.63. The fraction of sp³-hybridized carbons (Fsp3) is 0.348. The summed E-state index contributed by atoms with van der Waals surface area (Å²) in [6.07, 6.45) is 1.83. The van der Waals surface area contributed by atoms with E-state index in [1.165, 1.54) is 7.11 Å². The topological polar surface area (TPSA) is 94.2 Å². The summed E-state index contributed by atoms with van der Waals surface area (Å²) < 4.78 is 28.8. The molecule has 166 valence electrons. The highest BCUT2D eigenvalue weighted by Crippen LogP contribution is 2.32. The molecule has 0 unspecified atom stereocenters. The lowest BCUT2D eigenvalue weighted by atomic mass is 10.1. The quantitative estimate of drug-likeness (QED) is 0.282. The van der Waals surface area contributed by atoms with Crippen LogP contribution in [0.3, 0.4) is 0 Å². The second kappa shape index (κ2) is 10.7. The van der Waals surface area contributed by atoms with Crippen LogP contribution in [0.1, 0.15) is 24.2 Å². The van der Waals surface area contributed by atoms with Gasteiger partial charge in [-0.3, -0.25) is 0 Å². The summed E-state index contributed by atoms with van der Waals surface area (Å²) in [6, 6.07) is 11.0. The molecule has 0 bridgehead atoms. The van der Waals surface area contributed by atoms with Gasteiger partial charge in [-0.15, -0.1) is 0 Å². The van der Waals surface area contributed by atoms with Crippen LogP contribution in [0.25, 0.3) is 16.6 Å². The largest absolute Gasteiger partial charge is 0.491 e. The average Bonchev–Trinajstić information content (AvgIpc) is 3.11. The number of aromatic nitrogens is 1. The van der Waals surface area contributed by atoms with Gasteiger partial charge in [0.2, 0.25) is 0 Å². The van der Waals surface area contributed by atoms with Gasteiger partial charge < -0.3 is 34.0 Å². The van der Waals surface area contributed by atoms with E-state index < -0.39 is 5.97 Å². The molecule has 8 heteroatoms. The zero-order valence-electron chi connectivity index (χ0n) is 18.1. The van der Waals surface area contributed by atoms with E-state index in [4.69, 9.17) is 29.4 Å². The molecule has 0 aliphatic rings. The van der Waals surface area contributed by atoms with Gasteiger partial charge in [0.1, 0.15) is 23.7 Å². The number of carbonyl (C=O) groups is 1. The van der Waals surface area contributed by atoms with Crippen molar-refractivity contribution in [1.82, 2.24) is 4.57 Å². The molecule has 31 heavy (non-hydrogen) atoms. The fourth-order valence-electron chi connectivity index (χ4n) is 3.18. The molecular formula is C23H28N2O6. The van der Waals surface area contributed by atoms with E-state index >= 15 is 0 Å². The minimum absolute atomic E-state index is 0.00222. The molecule has 0 saturated heterocycles. The number of anilines is 1. The van der Waals surface area contributed by atoms with Crippen LogP contribution in [0.4, 0.5) is 5.69 Å². The molecule has 3 aromatic rings. The van der Waals surface area contributed by atoms with E-state index in [1.54, 1.807) is 19.1 Å². The van der Waals surface area contributed by atoms with E-state index in [-0.39, 0.29) is 13.4 Å². The SMILES string of the molecule is CCOCCOc1ccc2c(N)cn(-c3ccc(C(=O)OCC)c(OCOC)c3)c2c1. The van der Waals surface area contributed by atoms with Crippen LogP contribution in [-0.4, -0.2) is 50.9 Å². The monoisotopic (exact) mass is 428 g/mol.